The number of nitrogens with two attached hydrogens (primary N) is 1. The van der Waals surface area contributed by atoms with Crippen molar-refractivity contribution in [2.24, 2.45) is 11.1 Å². The molecule has 0 radical (unpaired) electrons. The van der Waals surface area contributed by atoms with E-state index >= 15 is 0 Å². The van der Waals surface area contributed by atoms with Gasteiger partial charge in [-0.15, -0.1) is 0 Å². The van der Waals surface area contributed by atoms with Gasteiger partial charge in [0.15, 0.2) is 0 Å². The van der Waals surface area contributed by atoms with E-state index in [0.717, 1.165) is 19.3 Å². The van der Waals surface area contributed by atoms with Gasteiger partial charge in [0, 0.05) is 5.54 Å². The van der Waals surface area contributed by atoms with Crippen LogP contribution in [0.4, 0.5) is 0 Å². The highest BCUT2D eigenvalue weighted by Gasteiger charge is 2.38. The van der Waals surface area contributed by atoms with Crippen LogP contribution in [0.25, 0.3) is 0 Å². The Bertz CT molecular complexity index is 201. The Labute approximate surface area is 79.6 Å². The number of hydrogen-bond donors (Lipinski definition) is 1. The quantitative estimate of drug-likeness (QED) is 0.677. The monoisotopic (exact) mass is 185 g/mol. The third-order valence-corrected chi connectivity index (χ3v) is 2.34. The van der Waals surface area contributed by atoms with Crippen molar-refractivity contribution < 1.29 is 9.53 Å². The van der Waals surface area contributed by atoms with E-state index in [1.807, 2.05) is 20.8 Å². The molecular weight excluding hydrogens is 166 g/mol. The van der Waals surface area contributed by atoms with E-state index in [9.17, 15) is 4.79 Å². The minimum atomic E-state index is -0.398. The maximum atomic E-state index is 11.3. The fraction of sp³-hybridized carbons (Fsp3) is 0.900. The van der Waals surface area contributed by atoms with Crippen molar-refractivity contribution in [1.82, 2.24) is 0 Å². The summed E-state index contributed by atoms with van der Waals surface area (Å²) >= 11 is 0. The molecule has 1 aliphatic carbocycles. The van der Waals surface area contributed by atoms with Crippen molar-refractivity contribution in [1.29, 1.82) is 0 Å². The Balaban J connectivity index is 2.16. The average Bonchev–Trinajstić information content (AvgIpc) is 2.66. The van der Waals surface area contributed by atoms with Crippen molar-refractivity contribution in [3.05, 3.63) is 0 Å². The van der Waals surface area contributed by atoms with Gasteiger partial charge in [-0.25, -0.2) is 0 Å². The predicted molar refractivity (Wildman–Crippen MR) is 51.2 cm³/mol. The van der Waals surface area contributed by atoms with Crippen molar-refractivity contribution in [2.75, 3.05) is 6.61 Å². The van der Waals surface area contributed by atoms with Crippen LogP contribution in [0, 0.1) is 5.41 Å². The summed E-state index contributed by atoms with van der Waals surface area (Å²) in [4.78, 5) is 11.3. The summed E-state index contributed by atoms with van der Waals surface area (Å²) in [6, 6.07) is 0. The van der Waals surface area contributed by atoms with Crippen LogP contribution < -0.4 is 5.73 Å². The van der Waals surface area contributed by atoms with Gasteiger partial charge >= 0.3 is 5.97 Å². The Kier molecular flexibility index (Phi) is 2.66. The van der Waals surface area contributed by atoms with Gasteiger partial charge in [0.2, 0.25) is 0 Å². The van der Waals surface area contributed by atoms with Crippen LogP contribution >= 0.6 is 0 Å². The lowest BCUT2D eigenvalue weighted by Crippen LogP contribution is -2.28. The molecule has 0 unspecified atom stereocenters. The molecule has 13 heavy (non-hydrogen) atoms. The second-order valence-electron chi connectivity index (χ2n) is 5.00. The van der Waals surface area contributed by atoms with E-state index in [-0.39, 0.29) is 11.5 Å². The van der Waals surface area contributed by atoms with Crippen LogP contribution in [0.2, 0.25) is 0 Å². The van der Waals surface area contributed by atoms with Gasteiger partial charge in [-0.2, -0.15) is 0 Å². The summed E-state index contributed by atoms with van der Waals surface area (Å²) in [6.07, 6.45) is 2.94. The number of hydrogen-bond acceptors (Lipinski definition) is 3. The topological polar surface area (TPSA) is 52.3 Å². The number of carbonyl (C=O) groups is 1. The van der Waals surface area contributed by atoms with Gasteiger partial charge in [-0.1, -0.05) is 0 Å². The average molecular weight is 185 g/mol. The molecule has 0 aromatic rings. The smallest absolute Gasteiger partial charge is 0.311 e. The lowest BCUT2D eigenvalue weighted by atomic mass is 9.97. The van der Waals surface area contributed by atoms with E-state index in [0.29, 0.717) is 6.61 Å². The molecule has 0 aromatic carbocycles. The molecule has 0 aliphatic heterocycles. The first kappa shape index (κ1) is 10.5. The summed E-state index contributed by atoms with van der Waals surface area (Å²) in [6.45, 7) is 6.02. The van der Waals surface area contributed by atoms with Crippen LogP contribution in [0.1, 0.15) is 40.0 Å². The second kappa shape index (κ2) is 3.29. The Morgan fingerprint density at radius 2 is 2.00 bits per heavy atom. The molecule has 1 saturated carbocycles. The fourth-order valence-electron chi connectivity index (χ4n) is 0.974. The zero-order valence-corrected chi connectivity index (χ0v) is 8.72. The minimum absolute atomic E-state index is 0.0157. The van der Waals surface area contributed by atoms with Gasteiger partial charge in [0.05, 0.1) is 12.0 Å². The lowest BCUT2D eigenvalue weighted by Gasteiger charge is -2.17. The molecule has 1 aliphatic rings. The molecule has 0 atom stereocenters. The van der Waals surface area contributed by atoms with E-state index < -0.39 is 5.41 Å². The Morgan fingerprint density at radius 1 is 1.46 bits per heavy atom. The van der Waals surface area contributed by atoms with Gasteiger partial charge in [0.25, 0.3) is 0 Å². The normalized spacial score (nSPS) is 19.7. The zero-order chi connectivity index (χ0) is 10.1. The second-order valence-corrected chi connectivity index (χ2v) is 5.00. The summed E-state index contributed by atoms with van der Waals surface area (Å²) < 4.78 is 5.10. The molecule has 0 saturated heterocycles. The molecular formula is C10H19NO2. The summed E-state index contributed by atoms with van der Waals surface area (Å²) in [5.74, 6) is -0.142. The van der Waals surface area contributed by atoms with Crippen molar-refractivity contribution in [3.63, 3.8) is 0 Å². The Morgan fingerprint density at radius 3 is 2.38 bits per heavy atom. The van der Waals surface area contributed by atoms with Crippen LogP contribution in [-0.4, -0.2) is 18.1 Å². The highest BCUT2D eigenvalue weighted by atomic mass is 16.5. The third-order valence-electron chi connectivity index (χ3n) is 2.34. The zero-order valence-electron chi connectivity index (χ0n) is 8.72. The number of ether oxygens (including phenoxy) is 1. The maximum Gasteiger partial charge on any atom is 0.311 e. The minimum Gasteiger partial charge on any atom is -0.465 e. The molecule has 0 bridgehead atoms. The van der Waals surface area contributed by atoms with Gasteiger partial charge in [0.1, 0.15) is 0 Å². The summed E-state index contributed by atoms with van der Waals surface area (Å²) in [5, 5.41) is 0. The predicted octanol–water partition coefficient (Wildman–Crippen LogP) is 1.46. The largest absolute Gasteiger partial charge is 0.465 e. The first-order valence-corrected chi connectivity index (χ1v) is 4.80. The number of esters is 1. The van der Waals surface area contributed by atoms with Crippen LogP contribution in [-0.2, 0) is 9.53 Å². The van der Waals surface area contributed by atoms with Gasteiger partial charge < -0.3 is 10.5 Å². The standard InChI is InChI=1S/C10H19NO2/c1-9(2,3)8(12)13-7-6-10(11)4-5-10/h4-7,11H2,1-3H3. The highest BCUT2D eigenvalue weighted by molar-refractivity contribution is 5.75. The van der Waals surface area contributed by atoms with E-state index in [4.69, 9.17) is 10.5 Å². The maximum absolute atomic E-state index is 11.3. The SMILES string of the molecule is CC(C)(C)C(=O)OCCC1(N)CC1. The molecule has 1 fully saturated rings. The molecule has 0 amide bonds. The van der Waals surface area contributed by atoms with E-state index in [2.05, 4.69) is 0 Å². The van der Waals surface area contributed by atoms with E-state index in [1.165, 1.54) is 0 Å². The van der Waals surface area contributed by atoms with Crippen LogP contribution in [0.3, 0.4) is 0 Å². The molecule has 76 valence electrons. The molecule has 2 N–H and O–H groups in total. The van der Waals surface area contributed by atoms with Crippen LogP contribution in [0.5, 0.6) is 0 Å². The summed E-state index contributed by atoms with van der Waals surface area (Å²) in [7, 11) is 0. The fourth-order valence-corrected chi connectivity index (χ4v) is 0.974. The van der Waals surface area contributed by atoms with E-state index in [1.54, 1.807) is 0 Å². The lowest BCUT2D eigenvalue weighted by molar-refractivity contribution is -0.153. The summed E-state index contributed by atoms with van der Waals surface area (Å²) in [5.41, 5.74) is 5.44. The first-order chi connectivity index (χ1) is 5.83. The van der Waals surface area contributed by atoms with Gasteiger partial charge in [-0.05, 0) is 40.0 Å². The third kappa shape index (κ3) is 3.35. The van der Waals surface area contributed by atoms with Crippen molar-refractivity contribution in [3.8, 4) is 0 Å². The van der Waals surface area contributed by atoms with Crippen LogP contribution in [0.15, 0.2) is 0 Å². The molecule has 0 aromatic heterocycles. The highest BCUT2D eigenvalue weighted by Crippen LogP contribution is 2.35. The molecule has 0 heterocycles. The number of rotatable bonds is 3. The molecule has 0 spiro atoms. The molecule has 1 rings (SSSR count). The Hall–Kier alpha value is -0.570. The first-order valence-electron chi connectivity index (χ1n) is 4.80. The number of carbonyl (C=O) groups excluding carboxylic acids is 1. The molecule has 3 nitrogen and oxygen atoms in total. The molecule has 3 heteroatoms. The van der Waals surface area contributed by atoms with Crippen molar-refractivity contribution >= 4 is 5.97 Å². The van der Waals surface area contributed by atoms with Crippen molar-refractivity contribution in [2.45, 2.75) is 45.6 Å². The van der Waals surface area contributed by atoms with Gasteiger partial charge in [-0.3, -0.25) is 4.79 Å².